The molecule has 20 heavy (non-hydrogen) atoms. The van der Waals surface area contributed by atoms with Gasteiger partial charge in [-0.15, -0.1) is 0 Å². The monoisotopic (exact) mass is 278 g/mol. The summed E-state index contributed by atoms with van der Waals surface area (Å²) in [6, 6.07) is 8.56. The Bertz CT molecular complexity index is 403. The van der Waals surface area contributed by atoms with Crippen molar-refractivity contribution in [2.24, 2.45) is 10.8 Å². The van der Waals surface area contributed by atoms with Gasteiger partial charge in [-0.3, -0.25) is 10.4 Å². The second kappa shape index (κ2) is 9.34. The van der Waals surface area contributed by atoms with E-state index in [9.17, 15) is 0 Å². The summed E-state index contributed by atoms with van der Waals surface area (Å²) in [5.41, 5.74) is 5.06. The van der Waals surface area contributed by atoms with Gasteiger partial charge in [0.25, 0.3) is 0 Å². The van der Waals surface area contributed by atoms with Crippen molar-refractivity contribution in [1.29, 1.82) is 0 Å². The van der Waals surface area contributed by atoms with Crippen molar-refractivity contribution in [1.82, 2.24) is 10.7 Å². The van der Waals surface area contributed by atoms with E-state index in [1.54, 1.807) is 0 Å². The van der Waals surface area contributed by atoms with Gasteiger partial charge in [-0.25, -0.2) is 5.84 Å². The van der Waals surface area contributed by atoms with Gasteiger partial charge in [0.05, 0.1) is 6.04 Å². The molecule has 5 heteroatoms. The molecule has 112 valence electrons. The SMILES string of the molecule is CCOCCCN=C(NN)NC(C)c1ccc(C)cc1. The molecule has 0 heterocycles. The number of hydrogen-bond donors (Lipinski definition) is 3. The van der Waals surface area contributed by atoms with Gasteiger partial charge >= 0.3 is 0 Å². The van der Waals surface area contributed by atoms with Crippen molar-refractivity contribution < 1.29 is 4.74 Å². The van der Waals surface area contributed by atoms with E-state index in [-0.39, 0.29) is 6.04 Å². The summed E-state index contributed by atoms with van der Waals surface area (Å²) in [5, 5.41) is 3.27. The number of nitrogens with two attached hydrogens (primary N) is 1. The molecule has 0 aliphatic heterocycles. The lowest BCUT2D eigenvalue weighted by Gasteiger charge is -2.17. The standard InChI is InChI=1S/C15H26N4O/c1-4-20-11-5-10-17-15(19-16)18-13(3)14-8-6-12(2)7-9-14/h6-9,13H,4-5,10-11,16H2,1-3H3,(H2,17,18,19). The van der Waals surface area contributed by atoms with Crippen molar-refractivity contribution in [2.45, 2.75) is 33.2 Å². The molecular formula is C15H26N4O. The summed E-state index contributed by atoms with van der Waals surface area (Å²) in [6.07, 6.45) is 0.889. The van der Waals surface area contributed by atoms with Crippen molar-refractivity contribution >= 4 is 5.96 Å². The third kappa shape index (κ3) is 6.04. The number of rotatable bonds is 7. The van der Waals surface area contributed by atoms with Crippen LogP contribution in [0.3, 0.4) is 0 Å². The van der Waals surface area contributed by atoms with Crippen LogP contribution < -0.4 is 16.6 Å². The van der Waals surface area contributed by atoms with Crippen LogP contribution in [0.5, 0.6) is 0 Å². The van der Waals surface area contributed by atoms with Crippen LogP contribution in [0.2, 0.25) is 0 Å². The number of aryl methyl sites for hydroxylation is 1. The quantitative estimate of drug-likeness (QED) is 0.234. The molecule has 1 aromatic rings. The minimum Gasteiger partial charge on any atom is -0.382 e. The van der Waals surface area contributed by atoms with Crippen LogP contribution in [-0.4, -0.2) is 25.7 Å². The average molecular weight is 278 g/mol. The molecule has 0 aliphatic carbocycles. The number of guanidine groups is 1. The van der Waals surface area contributed by atoms with Gasteiger partial charge < -0.3 is 10.1 Å². The van der Waals surface area contributed by atoms with Gasteiger partial charge in [-0.05, 0) is 32.8 Å². The van der Waals surface area contributed by atoms with Crippen LogP contribution in [0.15, 0.2) is 29.3 Å². The number of aliphatic imine (C=N–C) groups is 1. The fourth-order valence-corrected chi connectivity index (χ4v) is 1.78. The smallest absolute Gasteiger partial charge is 0.206 e. The second-order valence-electron chi connectivity index (χ2n) is 4.70. The molecule has 0 amide bonds. The molecule has 1 unspecified atom stereocenters. The molecule has 1 aromatic carbocycles. The summed E-state index contributed by atoms with van der Waals surface area (Å²) < 4.78 is 5.27. The lowest BCUT2D eigenvalue weighted by atomic mass is 10.1. The van der Waals surface area contributed by atoms with E-state index in [0.29, 0.717) is 12.5 Å². The maximum absolute atomic E-state index is 5.49. The van der Waals surface area contributed by atoms with Crippen molar-refractivity contribution in [3.05, 3.63) is 35.4 Å². The largest absolute Gasteiger partial charge is 0.382 e. The minimum absolute atomic E-state index is 0.150. The van der Waals surface area contributed by atoms with Gasteiger partial charge in [0.1, 0.15) is 0 Å². The Hall–Kier alpha value is -1.59. The zero-order valence-electron chi connectivity index (χ0n) is 12.6. The minimum atomic E-state index is 0.150. The van der Waals surface area contributed by atoms with E-state index >= 15 is 0 Å². The third-order valence-electron chi connectivity index (χ3n) is 2.99. The van der Waals surface area contributed by atoms with Crippen LogP contribution in [0.4, 0.5) is 0 Å². The Morgan fingerprint density at radius 2 is 2.05 bits per heavy atom. The Kier molecular flexibility index (Phi) is 7.69. The molecule has 1 rings (SSSR count). The summed E-state index contributed by atoms with van der Waals surface area (Å²) in [7, 11) is 0. The number of nitrogens with one attached hydrogen (secondary N) is 2. The van der Waals surface area contributed by atoms with Crippen LogP contribution in [0, 0.1) is 6.92 Å². The van der Waals surface area contributed by atoms with E-state index in [1.165, 1.54) is 11.1 Å². The maximum Gasteiger partial charge on any atom is 0.206 e. The van der Waals surface area contributed by atoms with E-state index in [1.807, 2.05) is 6.92 Å². The van der Waals surface area contributed by atoms with E-state index in [0.717, 1.165) is 19.6 Å². The summed E-state index contributed by atoms with van der Waals surface area (Å²) >= 11 is 0. The third-order valence-corrected chi connectivity index (χ3v) is 2.99. The van der Waals surface area contributed by atoms with E-state index in [4.69, 9.17) is 10.6 Å². The Morgan fingerprint density at radius 1 is 1.35 bits per heavy atom. The summed E-state index contributed by atoms with van der Waals surface area (Å²) in [5.74, 6) is 6.10. The number of hydrazine groups is 1. The molecule has 0 aromatic heterocycles. The predicted octanol–water partition coefficient (Wildman–Crippen LogP) is 1.89. The molecule has 0 aliphatic rings. The zero-order valence-corrected chi connectivity index (χ0v) is 12.6. The average Bonchev–Trinajstić information content (AvgIpc) is 2.46. The first-order valence-electron chi connectivity index (χ1n) is 7.09. The molecule has 0 saturated heterocycles. The van der Waals surface area contributed by atoms with Crippen molar-refractivity contribution in [3.8, 4) is 0 Å². The fourth-order valence-electron chi connectivity index (χ4n) is 1.78. The summed E-state index contributed by atoms with van der Waals surface area (Å²) in [6.45, 7) is 8.31. The highest BCUT2D eigenvalue weighted by Gasteiger charge is 2.06. The van der Waals surface area contributed by atoms with Gasteiger partial charge in [-0.1, -0.05) is 29.8 Å². The van der Waals surface area contributed by atoms with Gasteiger partial charge in [0.15, 0.2) is 0 Å². The second-order valence-corrected chi connectivity index (χ2v) is 4.70. The first kappa shape index (κ1) is 16.5. The van der Waals surface area contributed by atoms with E-state index in [2.05, 4.69) is 53.8 Å². The number of benzene rings is 1. The first-order chi connectivity index (χ1) is 9.67. The molecule has 1 atom stereocenters. The van der Waals surface area contributed by atoms with Crippen molar-refractivity contribution in [3.63, 3.8) is 0 Å². The molecule has 0 radical (unpaired) electrons. The first-order valence-corrected chi connectivity index (χ1v) is 7.09. The number of hydrogen-bond acceptors (Lipinski definition) is 3. The lowest BCUT2D eigenvalue weighted by Crippen LogP contribution is -2.42. The Morgan fingerprint density at radius 3 is 2.65 bits per heavy atom. The lowest BCUT2D eigenvalue weighted by molar-refractivity contribution is 0.146. The highest BCUT2D eigenvalue weighted by molar-refractivity contribution is 5.79. The predicted molar refractivity (Wildman–Crippen MR) is 83.5 cm³/mol. The Labute approximate surface area is 121 Å². The van der Waals surface area contributed by atoms with E-state index < -0.39 is 0 Å². The van der Waals surface area contributed by atoms with Crippen LogP contribution in [0.1, 0.15) is 37.4 Å². The zero-order chi connectivity index (χ0) is 14.8. The normalized spacial score (nSPS) is 13.1. The molecule has 0 bridgehead atoms. The topological polar surface area (TPSA) is 71.7 Å². The van der Waals surface area contributed by atoms with Crippen LogP contribution in [-0.2, 0) is 4.74 Å². The molecule has 0 fully saturated rings. The van der Waals surface area contributed by atoms with Gasteiger partial charge in [0.2, 0.25) is 5.96 Å². The molecule has 0 saturated carbocycles. The van der Waals surface area contributed by atoms with Gasteiger partial charge in [0, 0.05) is 19.8 Å². The van der Waals surface area contributed by atoms with Crippen molar-refractivity contribution in [2.75, 3.05) is 19.8 Å². The number of nitrogens with zero attached hydrogens (tertiary/aromatic N) is 1. The Balaban J connectivity index is 2.46. The molecule has 5 nitrogen and oxygen atoms in total. The summed E-state index contributed by atoms with van der Waals surface area (Å²) in [4.78, 5) is 4.39. The molecule has 0 spiro atoms. The van der Waals surface area contributed by atoms with Gasteiger partial charge in [-0.2, -0.15) is 0 Å². The molecular weight excluding hydrogens is 252 g/mol. The van der Waals surface area contributed by atoms with Crippen LogP contribution in [0.25, 0.3) is 0 Å². The highest BCUT2D eigenvalue weighted by Crippen LogP contribution is 2.12. The maximum atomic E-state index is 5.49. The van der Waals surface area contributed by atoms with Crippen LogP contribution >= 0.6 is 0 Å². The highest BCUT2D eigenvalue weighted by atomic mass is 16.5. The number of ether oxygens (including phenoxy) is 1. The fraction of sp³-hybridized carbons (Fsp3) is 0.533. The molecule has 4 N–H and O–H groups in total.